The van der Waals surface area contributed by atoms with Crippen molar-refractivity contribution in [1.29, 1.82) is 0 Å². The highest BCUT2D eigenvalue weighted by molar-refractivity contribution is 5.22. The summed E-state index contributed by atoms with van der Waals surface area (Å²) in [6.45, 7) is 7.23. The third-order valence-electron chi connectivity index (χ3n) is 1.30. The number of rotatable bonds is 1. The monoisotopic (exact) mass is 181 g/mol. The van der Waals surface area contributed by atoms with Crippen LogP contribution < -0.4 is 0 Å². The Hall–Kier alpha value is -1.27. The molecule has 1 N–H and O–H groups in total. The van der Waals surface area contributed by atoms with Gasteiger partial charge in [0.15, 0.2) is 5.60 Å². The summed E-state index contributed by atoms with van der Waals surface area (Å²) in [5.41, 5.74) is -0.756. The van der Waals surface area contributed by atoms with Crippen LogP contribution in [0.25, 0.3) is 0 Å². The molecule has 0 radical (unpaired) electrons. The molecule has 3 nitrogen and oxygen atoms in total. The Kier molecular flexibility index (Phi) is 4.86. The second-order valence-corrected chi connectivity index (χ2v) is 2.33. The largest absolute Gasteiger partial charge is 0.372 e. The molecule has 0 bridgehead atoms. The van der Waals surface area contributed by atoms with Crippen molar-refractivity contribution in [2.24, 2.45) is 0 Å². The number of hydrogen-bond donors (Lipinski definition) is 1. The molecule has 0 aliphatic heterocycles. The van der Waals surface area contributed by atoms with Crippen molar-refractivity contribution in [2.75, 3.05) is 0 Å². The van der Waals surface area contributed by atoms with Gasteiger partial charge in [-0.15, -0.1) is 5.92 Å². The van der Waals surface area contributed by atoms with E-state index in [1.54, 1.807) is 19.9 Å². The second-order valence-electron chi connectivity index (χ2n) is 2.33. The van der Waals surface area contributed by atoms with Crippen LogP contribution in [0.5, 0.6) is 0 Å². The van der Waals surface area contributed by atoms with Crippen molar-refractivity contribution in [3.8, 4) is 11.8 Å². The minimum absolute atomic E-state index is 0.437. The van der Waals surface area contributed by atoms with Crippen molar-refractivity contribution in [3.63, 3.8) is 0 Å². The Morgan fingerprint density at radius 1 is 1.54 bits per heavy atom. The Labute approximate surface area is 78.8 Å². The average Bonchev–Trinajstić information content (AvgIpc) is 2.60. The van der Waals surface area contributed by atoms with E-state index in [4.69, 9.17) is 0 Å². The van der Waals surface area contributed by atoms with Crippen molar-refractivity contribution in [2.45, 2.75) is 33.3 Å². The molecule has 3 heteroatoms. The summed E-state index contributed by atoms with van der Waals surface area (Å²) < 4.78 is 4.57. The Morgan fingerprint density at radius 3 is 2.54 bits per heavy atom. The van der Waals surface area contributed by atoms with E-state index in [2.05, 4.69) is 21.5 Å². The molecule has 1 atom stereocenters. The molecule has 1 heterocycles. The van der Waals surface area contributed by atoms with E-state index < -0.39 is 5.60 Å². The van der Waals surface area contributed by atoms with Gasteiger partial charge in [0, 0.05) is 6.07 Å². The average molecular weight is 181 g/mol. The maximum absolute atomic E-state index is 9.58. The lowest BCUT2D eigenvalue weighted by Crippen LogP contribution is -2.18. The fourth-order valence-electron chi connectivity index (χ4n) is 0.771. The molecule has 0 fully saturated rings. The minimum atomic E-state index is -1.19. The van der Waals surface area contributed by atoms with Gasteiger partial charge in [0.05, 0.1) is 0 Å². The first kappa shape index (κ1) is 11.7. The molecule has 1 rings (SSSR count). The van der Waals surface area contributed by atoms with Crippen molar-refractivity contribution in [1.82, 2.24) is 5.16 Å². The molecule has 1 aromatic rings. The van der Waals surface area contributed by atoms with Crippen LogP contribution >= 0.6 is 0 Å². The predicted octanol–water partition coefficient (Wildman–Crippen LogP) is 1.93. The molecule has 0 spiro atoms. The standard InChI is InChI=1S/C8H9NO2.C2H6/c1-3-5-8(2,10)7-4-6-11-9-7;1-2/h4,6,10H,1-2H3;1-2H3. The summed E-state index contributed by atoms with van der Waals surface area (Å²) in [5, 5.41) is 13.2. The van der Waals surface area contributed by atoms with Crippen LogP contribution in [0.2, 0.25) is 0 Å². The third-order valence-corrected chi connectivity index (χ3v) is 1.30. The normalized spacial score (nSPS) is 13.0. The van der Waals surface area contributed by atoms with Gasteiger partial charge < -0.3 is 9.63 Å². The minimum Gasteiger partial charge on any atom is -0.372 e. The lowest BCUT2D eigenvalue weighted by molar-refractivity contribution is 0.112. The van der Waals surface area contributed by atoms with Gasteiger partial charge in [-0.25, -0.2) is 0 Å². The quantitative estimate of drug-likeness (QED) is 0.673. The number of nitrogens with zero attached hydrogens (tertiary/aromatic N) is 1. The van der Waals surface area contributed by atoms with E-state index in [0.717, 1.165) is 0 Å². The van der Waals surface area contributed by atoms with E-state index in [1.165, 1.54) is 6.26 Å². The first-order valence-electron chi connectivity index (χ1n) is 4.24. The number of hydrogen-bond acceptors (Lipinski definition) is 3. The first-order valence-corrected chi connectivity index (χ1v) is 4.24. The Morgan fingerprint density at radius 2 is 2.15 bits per heavy atom. The van der Waals surface area contributed by atoms with Gasteiger partial charge in [-0.1, -0.05) is 24.9 Å². The summed E-state index contributed by atoms with van der Waals surface area (Å²) in [5.74, 6) is 5.22. The van der Waals surface area contributed by atoms with Gasteiger partial charge >= 0.3 is 0 Å². The molecule has 0 aromatic carbocycles. The molecule has 0 aliphatic carbocycles. The first-order chi connectivity index (χ1) is 6.17. The number of aliphatic hydroxyl groups is 1. The summed E-state index contributed by atoms with van der Waals surface area (Å²) in [4.78, 5) is 0. The van der Waals surface area contributed by atoms with Crippen molar-refractivity contribution in [3.05, 3.63) is 18.0 Å². The Bertz CT molecular complexity index is 278. The molecule has 72 valence electrons. The van der Waals surface area contributed by atoms with Gasteiger partial charge in [0.1, 0.15) is 12.0 Å². The van der Waals surface area contributed by atoms with Crippen LogP contribution in [0.1, 0.15) is 33.4 Å². The van der Waals surface area contributed by atoms with E-state index in [9.17, 15) is 5.11 Å². The molecule has 1 aromatic heterocycles. The van der Waals surface area contributed by atoms with Crippen LogP contribution in [-0.4, -0.2) is 10.3 Å². The van der Waals surface area contributed by atoms with Gasteiger partial charge in [0.25, 0.3) is 0 Å². The van der Waals surface area contributed by atoms with E-state index in [-0.39, 0.29) is 0 Å². The zero-order valence-corrected chi connectivity index (χ0v) is 8.46. The predicted molar refractivity (Wildman–Crippen MR) is 50.9 cm³/mol. The van der Waals surface area contributed by atoms with Gasteiger partial charge in [0.2, 0.25) is 0 Å². The van der Waals surface area contributed by atoms with Crippen LogP contribution in [0, 0.1) is 11.8 Å². The topological polar surface area (TPSA) is 46.3 Å². The summed E-state index contributed by atoms with van der Waals surface area (Å²) in [6, 6.07) is 1.59. The molecular formula is C10H15NO2. The molecular weight excluding hydrogens is 166 g/mol. The lowest BCUT2D eigenvalue weighted by atomic mass is 10.0. The van der Waals surface area contributed by atoms with Gasteiger partial charge in [-0.3, -0.25) is 0 Å². The van der Waals surface area contributed by atoms with Gasteiger partial charge in [-0.2, -0.15) is 0 Å². The van der Waals surface area contributed by atoms with Crippen LogP contribution in [0.3, 0.4) is 0 Å². The molecule has 13 heavy (non-hydrogen) atoms. The fraction of sp³-hybridized carbons (Fsp3) is 0.500. The molecule has 0 amide bonds. The second kappa shape index (κ2) is 5.39. The smallest absolute Gasteiger partial charge is 0.168 e. The van der Waals surface area contributed by atoms with Crippen LogP contribution in [-0.2, 0) is 5.60 Å². The summed E-state index contributed by atoms with van der Waals surface area (Å²) in [6.07, 6.45) is 1.40. The van der Waals surface area contributed by atoms with Crippen LogP contribution in [0.15, 0.2) is 16.9 Å². The molecule has 0 saturated heterocycles. The highest BCUT2D eigenvalue weighted by Gasteiger charge is 2.22. The SMILES string of the molecule is CC.CC#CC(C)(O)c1ccon1. The summed E-state index contributed by atoms with van der Waals surface area (Å²) in [7, 11) is 0. The van der Waals surface area contributed by atoms with E-state index in [1.807, 2.05) is 13.8 Å². The van der Waals surface area contributed by atoms with Gasteiger partial charge in [-0.05, 0) is 13.8 Å². The van der Waals surface area contributed by atoms with E-state index >= 15 is 0 Å². The zero-order valence-electron chi connectivity index (χ0n) is 8.46. The highest BCUT2D eigenvalue weighted by atomic mass is 16.5. The molecule has 0 saturated carbocycles. The highest BCUT2D eigenvalue weighted by Crippen LogP contribution is 2.16. The fourth-order valence-corrected chi connectivity index (χ4v) is 0.771. The molecule has 1 unspecified atom stereocenters. The zero-order chi connectivity index (χ0) is 10.3. The Balaban J connectivity index is 0.000000671. The lowest BCUT2D eigenvalue weighted by Gasteiger charge is -2.10. The van der Waals surface area contributed by atoms with E-state index in [0.29, 0.717) is 5.69 Å². The summed E-state index contributed by atoms with van der Waals surface area (Å²) >= 11 is 0. The van der Waals surface area contributed by atoms with Crippen molar-refractivity contribution < 1.29 is 9.63 Å². The van der Waals surface area contributed by atoms with Crippen molar-refractivity contribution >= 4 is 0 Å². The number of aromatic nitrogens is 1. The maximum Gasteiger partial charge on any atom is 0.168 e. The third kappa shape index (κ3) is 3.30. The maximum atomic E-state index is 9.58. The van der Waals surface area contributed by atoms with Crippen LogP contribution in [0.4, 0.5) is 0 Å². The molecule has 0 aliphatic rings.